The standard InChI is InChI=1S/C16H16N4O2/c1-10(2)20-9-13(12-4-5-17-8-14(12)20)11-3-6-18-15(7-11)19-16(21)22/h3-10H,1-2H3,(H,18,19)(H,21,22). The lowest BCUT2D eigenvalue weighted by molar-refractivity contribution is 0.209. The van der Waals surface area contributed by atoms with Crippen molar-refractivity contribution in [1.82, 2.24) is 14.5 Å². The second kappa shape index (κ2) is 5.48. The maximum absolute atomic E-state index is 10.8. The number of pyridine rings is 2. The predicted octanol–water partition coefficient (Wildman–Crippen LogP) is 3.77. The molecule has 0 radical (unpaired) electrons. The van der Waals surface area contributed by atoms with Gasteiger partial charge in [0.1, 0.15) is 5.82 Å². The number of anilines is 1. The number of carboxylic acid groups (broad SMARTS) is 1. The van der Waals surface area contributed by atoms with Gasteiger partial charge in [-0.1, -0.05) is 0 Å². The second-order valence-corrected chi connectivity index (χ2v) is 5.30. The number of rotatable bonds is 3. The molecular weight excluding hydrogens is 280 g/mol. The lowest BCUT2D eigenvalue weighted by Crippen LogP contribution is -2.08. The Morgan fingerprint density at radius 1 is 1.32 bits per heavy atom. The third-order valence-corrected chi connectivity index (χ3v) is 3.50. The first kappa shape index (κ1) is 14.1. The highest BCUT2D eigenvalue weighted by atomic mass is 16.4. The number of nitrogens with one attached hydrogen (secondary N) is 1. The van der Waals surface area contributed by atoms with Crippen LogP contribution in [0.5, 0.6) is 0 Å². The summed E-state index contributed by atoms with van der Waals surface area (Å²) in [5.74, 6) is 0.310. The number of aromatic nitrogens is 3. The summed E-state index contributed by atoms with van der Waals surface area (Å²) in [6, 6.07) is 5.87. The first-order valence-corrected chi connectivity index (χ1v) is 6.97. The lowest BCUT2D eigenvalue weighted by atomic mass is 10.1. The third kappa shape index (κ3) is 2.50. The number of nitrogens with zero attached hydrogens (tertiary/aromatic N) is 3. The average molecular weight is 296 g/mol. The maximum Gasteiger partial charge on any atom is 0.410 e. The van der Waals surface area contributed by atoms with Crippen LogP contribution in [-0.4, -0.2) is 25.7 Å². The van der Waals surface area contributed by atoms with Crippen LogP contribution in [0.15, 0.2) is 43.0 Å². The van der Waals surface area contributed by atoms with E-state index in [4.69, 9.17) is 5.11 Å². The maximum atomic E-state index is 10.8. The summed E-state index contributed by atoms with van der Waals surface area (Å²) in [6.07, 6.45) is 6.14. The molecule has 0 aromatic carbocycles. The molecule has 3 aromatic rings. The minimum atomic E-state index is -1.13. The normalized spacial score (nSPS) is 11.0. The van der Waals surface area contributed by atoms with Gasteiger partial charge in [0.25, 0.3) is 0 Å². The van der Waals surface area contributed by atoms with Crippen LogP contribution < -0.4 is 5.32 Å². The molecule has 3 rings (SSSR count). The van der Waals surface area contributed by atoms with E-state index in [0.29, 0.717) is 11.9 Å². The van der Waals surface area contributed by atoms with Crippen LogP contribution in [0.4, 0.5) is 10.6 Å². The smallest absolute Gasteiger partial charge is 0.410 e. The Kier molecular flexibility index (Phi) is 3.50. The minimum absolute atomic E-state index is 0.305. The summed E-state index contributed by atoms with van der Waals surface area (Å²) in [5, 5.41) is 12.2. The van der Waals surface area contributed by atoms with E-state index in [9.17, 15) is 4.79 Å². The van der Waals surface area contributed by atoms with Gasteiger partial charge in [-0.15, -0.1) is 0 Å². The Hall–Kier alpha value is -2.89. The van der Waals surface area contributed by atoms with Gasteiger partial charge in [-0.2, -0.15) is 0 Å². The van der Waals surface area contributed by atoms with Gasteiger partial charge in [0.15, 0.2) is 0 Å². The fourth-order valence-electron chi connectivity index (χ4n) is 2.53. The van der Waals surface area contributed by atoms with E-state index >= 15 is 0 Å². The highest BCUT2D eigenvalue weighted by Crippen LogP contribution is 2.32. The van der Waals surface area contributed by atoms with Gasteiger partial charge in [0.05, 0.1) is 11.7 Å². The zero-order chi connectivity index (χ0) is 15.7. The van der Waals surface area contributed by atoms with Gasteiger partial charge in [-0.3, -0.25) is 10.3 Å². The number of carbonyl (C=O) groups is 1. The molecule has 3 heterocycles. The molecule has 0 aliphatic heterocycles. The SMILES string of the molecule is CC(C)n1cc(-c2ccnc(NC(=O)O)c2)c2ccncc21. The summed E-state index contributed by atoms with van der Waals surface area (Å²) < 4.78 is 2.16. The highest BCUT2D eigenvalue weighted by molar-refractivity contribution is 5.96. The predicted molar refractivity (Wildman–Crippen MR) is 85.0 cm³/mol. The first-order chi connectivity index (χ1) is 10.6. The summed E-state index contributed by atoms with van der Waals surface area (Å²) in [5.41, 5.74) is 2.99. The second-order valence-electron chi connectivity index (χ2n) is 5.30. The van der Waals surface area contributed by atoms with Crippen molar-refractivity contribution in [1.29, 1.82) is 0 Å². The molecule has 2 N–H and O–H groups in total. The van der Waals surface area contributed by atoms with Crippen molar-refractivity contribution in [2.24, 2.45) is 0 Å². The van der Waals surface area contributed by atoms with Crippen molar-refractivity contribution in [3.63, 3.8) is 0 Å². The fourth-order valence-corrected chi connectivity index (χ4v) is 2.53. The largest absolute Gasteiger partial charge is 0.465 e. The Balaban J connectivity index is 2.16. The molecule has 0 unspecified atom stereocenters. The average Bonchev–Trinajstić information content (AvgIpc) is 2.86. The summed E-state index contributed by atoms with van der Waals surface area (Å²) in [7, 11) is 0. The molecule has 6 nitrogen and oxygen atoms in total. The van der Waals surface area contributed by atoms with Gasteiger partial charge in [-0.05, 0) is 37.6 Å². The first-order valence-electron chi connectivity index (χ1n) is 6.97. The van der Waals surface area contributed by atoms with Gasteiger partial charge in [0.2, 0.25) is 0 Å². The molecular formula is C16H16N4O2. The molecule has 6 heteroatoms. The molecule has 0 atom stereocenters. The van der Waals surface area contributed by atoms with Gasteiger partial charge in [-0.25, -0.2) is 9.78 Å². The molecule has 112 valence electrons. The van der Waals surface area contributed by atoms with E-state index in [1.807, 2.05) is 18.3 Å². The summed E-state index contributed by atoms with van der Waals surface area (Å²) in [6.45, 7) is 4.22. The van der Waals surface area contributed by atoms with Crippen LogP contribution in [0.3, 0.4) is 0 Å². The Bertz CT molecular complexity index is 839. The van der Waals surface area contributed by atoms with E-state index < -0.39 is 6.09 Å². The molecule has 0 aliphatic rings. The Morgan fingerprint density at radius 3 is 2.86 bits per heavy atom. The van der Waals surface area contributed by atoms with E-state index in [0.717, 1.165) is 22.0 Å². The van der Waals surface area contributed by atoms with Crippen molar-refractivity contribution in [2.75, 3.05) is 5.32 Å². The van der Waals surface area contributed by atoms with Crippen LogP contribution in [0.2, 0.25) is 0 Å². The molecule has 0 saturated carbocycles. The highest BCUT2D eigenvalue weighted by Gasteiger charge is 2.13. The molecule has 3 aromatic heterocycles. The van der Waals surface area contributed by atoms with Crippen LogP contribution in [0, 0.1) is 0 Å². The van der Waals surface area contributed by atoms with Gasteiger partial charge >= 0.3 is 6.09 Å². The van der Waals surface area contributed by atoms with Crippen molar-refractivity contribution < 1.29 is 9.90 Å². The Morgan fingerprint density at radius 2 is 2.14 bits per heavy atom. The number of fused-ring (bicyclic) bond motifs is 1. The fraction of sp³-hybridized carbons (Fsp3) is 0.188. The van der Waals surface area contributed by atoms with Crippen LogP contribution >= 0.6 is 0 Å². The van der Waals surface area contributed by atoms with Gasteiger partial charge < -0.3 is 9.67 Å². The Labute approximate surface area is 127 Å². The van der Waals surface area contributed by atoms with Crippen molar-refractivity contribution in [2.45, 2.75) is 19.9 Å². The topological polar surface area (TPSA) is 80.0 Å². The number of hydrogen-bond acceptors (Lipinski definition) is 3. The molecule has 0 aliphatic carbocycles. The summed E-state index contributed by atoms with van der Waals surface area (Å²) in [4.78, 5) is 19.0. The van der Waals surface area contributed by atoms with E-state index in [-0.39, 0.29) is 0 Å². The minimum Gasteiger partial charge on any atom is -0.465 e. The molecule has 22 heavy (non-hydrogen) atoms. The van der Waals surface area contributed by atoms with Crippen LogP contribution in [-0.2, 0) is 0 Å². The van der Waals surface area contributed by atoms with E-state index in [1.54, 1.807) is 18.5 Å². The number of hydrogen-bond donors (Lipinski definition) is 2. The van der Waals surface area contributed by atoms with Crippen LogP contribution in [0.1, 0.15) is 19.9 Å². The third-order valence-electron chi connectivity index (χ3n) is 3.50. The number of amides is 1. The molecule has 0 fully saturated rings. The molecule has 1 amide bonds. The van der Waals surface area contributed by atoms with E-state index in [1.165, 1.54) is 0 Å². The van der Waals surface area contributed by atoms with Gasteiger partial charge in [0, 0.05) is 35.6 Å². The van der Waals surface area contributed by atoms with E-state index in [2.05, 4.69) is 39.9 Å². The molecule has 0 spiro atoms. The molecule has 0 bridgehead atoms. The quantitative estimate of drug-likeness (QED) is 0.771. The van der Waals surface area contributed by atoms with Crippen molar-refractivity contribution in [3.8, 4) is 11.1 Å². The monoisotopic (exact) mass is 296 g/mol. The zero-order valence-corrected chi connectivity index (χ0v) is 12.3. The summed E-state index contributed by atoms with van der Waals surface area (Å²) >= 11 is 0. The lowest BCUT2D eigenvalue weighted by Gasteiger charge is -2.08. The molecule has 0 saturated heterocycles. The van der Waals surface area contributed by atoms with Crippen molar-refractivity contribution in [3.05, 3.63) is 43.0 Å². The zero-order valence-electron chi connectivity index (χ0n) is 12.3. The van der Waals surface area contributed by atoms with Crippen molar-refractivity contribution >= 4 is 22.8 Å². The van der Waals surface area contributed by atoms with Crippen LogP contribution in [0.25, 0.3) is 22.0 Å².